The topological polar surface area (TPSA) is 26.3 Å². The third-order valence-corrected chi connectivity index (χ3v) is 5.64. The molecule has 0 unspecified atom stereocenters. The van der Waals surface area contributed by atoms with Gasteiger partial charge in [0.1, 0.15) is 0 Å². The summed E-state index contributed by atoms with van der Waals surface area (Å²) in [4.78, 5) is 11.4. The van der Waals surface area contributed by atoms with Crippen molar-refractivity contribution in [3.05, 3.63) is 82.9 Å². The first-order valence-corrected chi connectivity index (χ1v) is 10.0. The molecule has 0 heterocycles. The van der Waals surface area contributed by atoms with Gasteiger partial charge in [-0.1, -0.05) is 0 Å². The minimum atomic E-state index is -0.342. The standard InChI is InChI=1S/C20H19ClO2Se/c1-23-20(22)12-9-17(15-16-7-10-18(21)11-8-16)13-14-24-19-5-3-2-4-6-19/h2-12,15H,13-14H2,1H3/b12-9+,17-15+. The molecule has 0 aliphatic heterocycles. The maximum absolute atomic E-state index is 11.4. The van der Waals surface area contributed by atoms with Crippen molar-refractivity contribution in [2.45, 2.75) is 11.7 Å². The number of hydrogen-bond donors (Lipinski definition) is 0. The number of carbonyl (C=O) groups excluding carboxylic acids is 1. The number of esters is 1. The van der Waals surface area contributed by atoms with Crippen molar-refractivity contribution < 1.29 is 9.53 Å². The van der Waals surface area contributed by atoms with E-state index in [0.717, 1.165) is 22.9 Å². The van der Waals surface area contributed by atoms with Crippen molar-refractivity contribution in [3.63, 3.8) is 0 Å². The van der Waals surface area contributed by atoms with E-state index in [1.807, 2.05) is 36.4 Å². The normalized spacial score (nSPS) is 11.7. The van der Waals surface area contributed by atoms with Crippen molar-refractivity contribution in [1.82, 2.24) is 0 Å². The summed E-state index contributed by atoms with van der Waals surface area (Å²) in [5.74, 6) is -0.342. The molecule has 24 heavy (non-hydrogen) atoms. The number of rotatable bonds is 7. The van der Waals surface area contributed by atoms with Gasteiger partial charge in [0, 0.05) is 0 Å². The molecule has 2 rings (SSSR count). The molecule has 0 N–H and O–H groups in total. The first kappa shape index (κ1) is 18.5. The van der Waals surface area contributed by atoms with Crippen LogP contribution in [-0.2, 0) is 9.53 Å². The number of carbonyl (C=O) groups is 1. The van der Waals surface area contributed by atoms with Crippen LogP contribution < -0.4 is 4.46 Å². The summed E-state index contributed by atoms with van der Waals surface area (Å²) < 4.78 is 6.06. The molecule has 0 saturated heterocycles. The maximum atomic E-state index is 11.4. The Morgan fingerprint density at radius 3 is 2.46 bits per heavy atom. The predicted molar refractivity (Wildman–Crippen MR) is 102 cm³/mol. The average Bonchev–Trinajstić information content (AvgIpc) is 2.62. The Morgan fingerprint density at radius 2 is 1.79 bits per heavy atom. The second kappa shape index (κ2) is 10.1. The molecule has 0 amide bonds. The predicted octanol–water partition coefficient (Wildman–Crippen LogP) is 4.29. The molecule has 0 spiro atoms. The van der Waals surface area contributed by atoms with Crippen LogP contribution >= 0.6 is 11.6 Å². The Labute approximate surface area is 154 Å². The minimum absolute atomic E-state index is 0.342. The first-order valence-electron chi connectivity index (χ1n) is 7.57. The first-order chi connectivity index (χ1) is 11.7. The van der Waals surface area contributed by atoms with E-state index < -0.39 is 0 Å². The van der Waals surface area contributed by atoms with Crippen molar-refractivity contribution in [1.29, 1.82) is 0 Å². The van der Waals surface area contributed by atoms with E-state index in [4.69, 9.17) is 11.6 Å². The van der Waals surface area contributed by atoms with Crippen molar-refractivity contribution in [2.24, 2.45) is 0 Å². The van der Waals surface area contributed by atoms with E-state index in [1.54, 1.807) is 0 Å². The van der Waals surface area contributed by atoms with Gasteiger partial charge in [-0.15, -0.1) is 0 Å². The van der Waals surface area contributed by atoms with Gasteiger partial charge in [0.25, 0.3) is 0 Å². The number of allylic oxidation sites excluding steroid dienone is 2. The molecule has 0 saturated carbocycles. The Morgan fingerprint density at radius 1 is 1.08 bits per heavy atom. The summed E-state index contributed by atoms with van der Waals surface area (Å²) in [6, 6.07) is 18.2. The Balaban J connectivity index is 2.05. The van der Waals surface area contributed by atoms with Gasteiger partial charge >= 0.3 is 154 Å². The van der Waals surface area contributed by atoms with Gasteiger partial charge in [0.05, 0.1) is 0 Å². The zero-order valence-corrected chi connectivity index (χ0v) is 15.9. The fourth-order valence-corrected chi connectivity index (χ4v) is 4.09. The Hall–Kier alpha value is -1.80. The fourth-order valence-electron chi connectivity index (χ4n) is 2.02. The molecule has 2 aromatic rings. The van der Waals surface area contributed by atoms with E-state index in [2.05, 4.69) is 35.1 Å². The second-order valence-corrected chi connectivity index (χ2v) is 7.93. The molecule has 4 heteroatoms. The summed E-state index contributed by atoms with van der Waals surface area (Å²) in [5.41, 5.74) is 2.16. The van der Waals surface area contributed by atoms with Crippen molar-refractivity contribution >= 4 is 43.1 Å². The molecule has 124 valence electrons. The van der Waals surface area contributed by atoms with E-state index in [1.165, 1.54) is 17.6 Å². The van der Waals surface area contributed by atoms with Crippen LogP contribution in [0.1, 0.15) is 12.0 Å². The van der Waals surface area contributed by atoms with Gasteiger partial charge in [-0.3, -0.25) is 0 Å². The van der Waals surface area contributed by atoms with E-state index in [-0.39, 0.29) is 5.97 Å². The molecule has 0 aliphatic carbocycles. The summed E-state index contributed by atoms with van der Waals surface area (Å²) in [6.07, 6.45) is 6.29. The number of methoxy groups -OCH3 is 1. The van der Waals surface area contributed by atoms with E-state index in [0.29, 0.717) is 20.0 Å². The van der Waals surface area contributed by atoms with Gasteiger partial charge < -0.3 is 0 Å². The van der Waals surface area contributed by atoms with Crippen LogP contribution in [0.5, 0.6) is 0 Å². The zero-order valence-electron chi connectivity index (χ0n) is 13.4. The van der Waals surface area contributed by atoms with Gasteiger partial charge in [-0.2, -0.15) is 0 Å². The van der Waals surface area contributed by atoms with Gasteiger partial charge in [0.2, 0.25) is 0 Å². The Bertz CT molecular complexity index is 706. The van der Waals surface area contributed by atoms with Crippen LogP contribution in [0.4, 0.5) is 0 Å². The third kappa shape index (κ3) is 6.76. The molecule has 0 aliphatic rings. The van der Waals surface area contributed by atoms with Crippen LogP contribution in [0.25, 0.3) is 6.08 Å². The number of benzene rings is 2. The molecular formula is C20H19ClO2Se. The van der Waals surface area contributed by atoms with Crippen LogP contribution in [0.15, 0.2) is 72.3 Å². The quantitative estimate of drug-likeness (QED) is 0.297. The molecular weight excluding hydrogens is 387 g/mol. The van der Waals surface area contributed by atoms with E-state index in [9.17, 15) is 4.79 Å². The van der Waals surface area contributed by atoms with Crippen LogP contribution in [-0.4, -0.2) is 28.0 Å². The van der Waals surface area contributed by atoms with Crippen molar-refractivity contribution in [2.75, 3.05) is 7.11 Å². The summed E-state index contributed by atoms with van der Waals surface area (Å²) >= 11 is 6.34. The van der Waals surface area contributed by atoms with Crippen LogP contribution in [0, 0.1) is 0 Å². The number of hydrogen-bond acceptors (Lipinski definition) is 2. The second-order valence-electron chi connectivity index (χ2n) is 5.04. The molecule has 2 nitrogen and oxygen atoms in total. The summed E-state index contributed by atoms with van der Waals surface area (Å²) in [7, 11) is 1.38. The Kier molecular flexibility index (Phi) is 7.84. The monoisotopic (exact) mass is 406 g/mol. The van der Waals surface area contributed by atoms with Gasteiger partial charge in [-0.25, -0.2) is 0 Å². The van der Waals surface area contributed by atoms with Crippen molar-refractivity contribution in [3.8, 4) is 0 Å². The zero-order chi connectivity index (χ0) is 17.2. The molecule has 0 bridgehead atoms. The van der Waals surface area contributed by atoms with Crippen LogP contribution in [0.2, 0.25) is 10.3 Å². The van der Waals surface area contributed by atoms with Crippen LogP contribution in [0.3, 0.4) is 0 Å². The molecule has 0 aromatic heterocycles. The molecule has 0 radical (unpaired) electrons. The van der Waals surface area contributed by atoms with Gasteiger partial charge in [-0.05, 0) is 0 Å². The summed E-state index contributed by atoms with van der Waals surface area (Å²) in [5, 5.41) is 1.79. The molecule has 2 aromatic carbocycles. The SMILES string of the molecule is COC(=O)/C=C/C(=C\c1ccc(Cl)cc1)CC[Se]c1ccccc1. The third-order valence-electron chi connectivity index (χ3n) is 3.26. The number of halogens is 1. The van der Waals surface area contributed by atoms with E-state index >= 15 is 0 Å². The van der Waals surface area contributed by atoms with Gasteiger partial charge in [0.15, 0.2) is 0 Å². The summed E-state index contributed by atoms with van der Waals surface area (Å²) in [6.45, 7) is 0. The average molecular weight is 406 g/mol. The molecule has 0 atom stereocenters. The molecule has 0 fully saturated rings. The number of ether oxygens (including phenoxy) is 1. The fraction of sp³-hybridized carbons (Fsp3) is 0.150.